The summed E-state index contributed by atoms with van der Waals surface area (Å²) < 4.78 is 4.73. The van der Waals surface area contributed by atoms with Crippen molar-refractivity contribution in [3.63, 3.8) is 0 Å². The molecule has 0 aliphatic rings. The van der Waals surface area contributed by atoms with Gasteiger partial charge in [0.25, 0.3) is 0 Å². The maximum atomic E-state index is 11.6. The number of rotatable bonds is 5. The normalized spacial score (nSPS) is 11.2. The molecule has 0 radical (unpaired) electrons. The molecule has 0 spiro atoms. The SMILES string of the molecule is COC(=O)c1ccc(N)c(NCC(C)(C)c2cccs2)c1. The molecule has 0 saturated carbocycles. The first-order valence-corrected chi connectivity index (χ1v) is 7.58. The van der Waals surface area contributed by atoms with Crippen LogP contribution in [0.25, 0.3) is 0 Å². The Morgan fingerprint density at radius 3 is 2.76 bits per heavy atom. The molecule has 112 valence electrons. The van der Waals surface area contributed by atoms with Crippen molar-refractivity contribution < 1.29 is 9.53 Å². The van der Waals surface area contributed by atoms with Gasteiger partial charge >= 0.3 is 5.97 Å². The summed E-state index contributed by atoms with van der Waals surface area (Å²) >= 11 is 1.74. The van der Waals surface area contributed by atoms with Crippen LogP contribution in [0.5, 0.6) is 0 Å². The number of nitrogens with two attached hydrogens (primary N) is 1. The lowest BCUT2D eigenvalue weighted by atomic mass is 9.91. The Labute approximate surface area is 128 Å². The summed E-state index contributed by atoms with van der Waals surface area (Å²) in [7, 11) is 1.37. The van der Waals surface area contributed by atoms with Crippen LogP contribution in [0, 0.1) is 0 Å². The van der Waals surface area contributed by atoms with E-state index in [1.54, 1.807) is 29.5 Å². The second-order valence-corrected chi connectivity index (χ2v) is 6.46. The second-order valence-electron chi connectivity index (χ2n) is 5.51. The molecule has 21 heavy (non-hydrogen) atoms. The molecule has 0 saturated heterocycles. The predicted molar refractivity (Wildman–Crippen MR) is 88.0 cm³/mol. The van der Waals surface area contributed by atoms with Crippen molar-refractivity contribution in [2.24, 2.45) is 0 Å². The van der Waals surface area contributed by atoms with E-state index in [4.69, 9.17) is 10.5 Å². The van der Waals surface area contributed by atoms with Crippen molar-refractivity contribution >= 4 is 28.7 Å². The number of carbonyl (C=O) groups excluding carboxylic acids is 1. The van der Waals surface area contributed by atoms with E-state index in [1.165, 1.54) is 12.0 Å². The Kier molecular flexibility index (Phi) is 4.53. The van der Waals surface area contributed by atoms with Gasteiger partial charge in [0.05, 0.1) is 24.0 Å². The maximum absolute atomic E-state index is 11.6. The number of esters is 1. The zero-order chi connectivity index (χ0) is 15.5. The highest BCUT2D eigenvalue weighted by molar-refractivity contribution is 7.10. The van der Waals surface area contributed by atoms with E-state index in [0.717, 1.165) is 12.2 Å². The molecule has 2 aromatic rings. The first kappa shape index (κ1) is 15.4. The van der Waals surface area contributed by atoms with E-state index in [0.29, 0.717) is 11.3 Å². The Morgan fingerprint density at radius 1 is 1.38 bits per heavy atom. The number of benzene rings is 1. The quantitative estimate of drug-likeness (QED) is 0.655. The number of thiophene rings is 1. The van der Waals surface area contributed by atoms with Crippen LogP contribution in [-0.2, 0) is 10.2 Å². The summed E-state index contributed by atoms with van der Waals surface area (Å²) in [6.07, 6.45) is 0. The summed E-state index contributed by atoms with van der Waals surface area (Å²) in [6.45, 7) is 5.07. The summed E-state index contributed by atoms with van der Waals surface area (Å²) in [5, 5.41) is 5.41. The molecule has 0 aliphatic carbocycles. The van der Waals surface area contributed by atoms with Gasteiger partial charge in [-0.15, -0.1) is 11.3 Å². The average Bonchev–Trinajstić information content (AvgIpc) is 3.00. The van der Waals surface area contributed by atoms with Gasteiger partial charge in [-0.05, 0) is 29.6 Å². The average molecular weight is 304 g/mol. The lowest BCUT2D eigenvalue weighted by Gasteiger charge is -2.25. The number of nitrogens with one attached hydrogen (secondary N) is 1. The lowest BCUT2D eigenvalue weighted by Crippen LogP contribution is -2.27. The van der Waals surface area contributed by atoms with E-state index in [2.05, 4.69) is 30.6 Å². The van der Waals surface area contributed by atoms with Crippen molar-refractivity contribution in [3.8, 4) is 0 Å². The minimum Gasteiger partial charge on any atom is -0.465 e. The highest BCUT2D eigenvalue weighted by atomic mass is 32.1. The Hall–Kier alpha value is -2.01. The van der Waals surface area contributed by atoms with Crippen molar-refractivity contribution in [1.29, 1.82) is 0 Å². The van der Waals surface area contributed by atoms with Gasteiger partial charge in [-0.1, -0.05) is 19.9 Å². The highest BCUT2D eigenvalue weighted by Gasteiger charge is 2.22. The Morgan fingerprint density at radius 2 is 2.14 bits per heavy atom. The smallest absolute Gasteiger partial charge is 0.337 e. The summed E-state index contributed by atoms with van der Waals surface area (Å²) in [5.41, 5.74) is 7.81. The van der Waals surface area contributed by atoms with Gasteiger partial charge in [-0.2, -0.15) is 0 Å². The number of carbonyl (C=O) groups is 1. The van der Waals surface area contributed by atoms with Gasteiger partial charge in [0.1, 0.15) is 0 Å². The van der Waals surface area contributed by atoms with Crippen LogP contribution < -0.4 is 11.1 Å². The van der Waals surface area contributed by atoms with Gasteiger partial charge in [0, 0.05) is 16.8 Å². The molecule has 1 aromatic heterocycles. The number of ether oxygens (including phenoxy) is 1. The molecule has 4 nitrogen and oxygen atoms in total. The molecule has 0 aliphatic heterocycles. The zero-order valence-electron chi connectivity index (χ0n) is 12.5. The molecule has 0 amide bonds. The van der Waals surface area contributed by atoms with Crippen molar-refractivity contribution in [2.75, 3.05) is 24.7 Å². The van der Waals surface area contributed by atoms with E-state index in [9.17, 15) is 4.79 Å². The number of hydrogen-bond acceptors (Lipinski definition) is 5. The molecule has 0 unspecified atom stereocenters. The predicted octanol–water partition coefficient (Wildman–Crippen LogP) is 3.51. The summed E-state index contributed by atoms with van der Waals surface area (Å²) in [6, 6.07) is 9.28. The number of nitrogen functional groups attached to an aromatic ring is 1. The third-order valence-corrected chi connectivity index (χ3v) is 4.62. The number of methoxy groups -OCH3 is 1. The van der Waals surface area contributed by atoms with E-state index < -0.39 is 0 Å². The maximum Gasteiger partial charge on any atom is 0.337 e. The van der Waals surface area contributed by atoms with Crippen LogP contribution in [0.3, 0.4) is 0 Å². The molecule has 0 fully saturated rings. The fourth-order valence-electron chi connectivity index (χ4n) is 2.02. The monoisotopic (exact) mass is 304 g/mol. The lowest BCUT2D eigenvalue weighted by molar-refractivity contribution is 0.0601. The molecule has 0 bridgehead atoms. The molecular formula is C16H20N2O2S. The van der Waals surface area contributed by atoms with Crippen molar-refractivity contribution in [1.82, 2.24) is 0 Å². The summed E-state index contributed by atoms with van der Waals surface area (Å²) in [5.74, 6) is -0.365. The molecule has 3 N–H and O–H groups in total. The van der Waals surface area contributed by atoms with Crippen LogP contribution >= 0.6 is 11.3 Å². The van der Waals surface area contributed by atoms with E-state index in [1.807, 2.05) is 6.07 Å². The van der Waals surface area contributed by atoms with Crippen LogP contribution in [0.4, 0.5) is 11.4 Å². The standard InChI is InChI=1S/C16H20N2O2S/c1-16(2,14-5-4-8-21-14)10-18-13-9-11(15(19)20-3)6-7-12(13)17/h4-9,18H,10,17H2,1-3H3. The van der Waals surface area contributed by atoms with Crippen LogP contribution in [0.1, 0.15) is 29.1 Å². The topological polar surface area (TPSA) is 64.3 Å². The fourth-order valence-corrected chi connectivity index (χ4v) is 2.87. The van der Waals surface area contributed by atoms with Crippen LogP contribution in [0.15, 0.2) is 35.7 Å². The van der Waals surface area contributed by atoms with Gasteiger partial charge < -0.3 is 15.8 Å². The van der Waals surface area contributed by atoms with Gasteiger partial charge in [0.2, 0.25) is 0 Å². The molecule has 1 aromatic carbocycles. The van der Waals surface area contributed by atoms with Crippen molar-refractivity contribution in [2.45, 2.75) is 19.3 Å². The third kappa shape index (κ3) is 3.55. The second kappa shape index (κ2) is 6.18. The number of anilines is 2. The summed E-state index contributed by atoms with van der Waals surface area (Å²) in [4.78, 5) is 12.9. The Bertz CT molecular complexity index is 621. The van der Waals surface area contributed by atoms with E-state index in [-0.39, 0.29) is 11.4 Å². The Balaban J connectivity index is 2.14. The van der Waals surface area contributed by atoms with Crippen LogP contribution in [-0.4, -0.2) is 19.6 Å². The van der Waals surface area contributed by atoms with Crippen LogP contribution in [0.2, 0.25) is 0 Å². The highest BCUT2D eigenvalue weighted by Crippen LogP contribution is 2.29. The van der Waals surface area contributed by atoms with Crippen molar-refractivity contribution in [3.05, 3.63) is 46.2 Å². The first-order chi connectivity index (χ1) is 9.94. The molecule has 1 heterocycles. The fraction of sp³-hybridized carbons (Fsp3) is 0.312. The molecule has 0 atom stereocenters. The first-order valence-electron chi connectivity index (χ1n) is 6.70. The molecule has 2 rings (SSSR count). The minimum absolute atomic E-state index is 0.0120. The molecular weight excluding hydrogens is 284 g/mol. The van der Waals surface area contributed by atoms with Gasteiger partial charge in [0.15, 0.2) is 0 Å². The largest absolute Gasteiger partial charge is 0.465 e. The zero-order valence-corrected chi connectivity index (χ0v) is 13.3. The van der Waals surface area contributed by atoms with Gasteiger partial charge in [-0.3, -0.25) is 0 Å². The third-order valence-electron chi connectivity index (χ3n) is 3.38. The minimum atomic E-state index is -0.365. The molecule has 5 heteroatoms. The number of hydrogen-bond donors (Lipinski definition) is 2. The van der Waals surface area contributed by atoms with E-state index >= 15 is 0 Å². The van der Waals surface area contributed by atoms with Gasteiger partial charge in [-0.25, -0.2) is 4.79 Å².